The van der Waals surface area contributed by atoms with E-state index in [0.717, 1.165) is 11.1 Å². The van der Waals surface area contributed by atoms with Gasteiger partial charge in [-0.05, 0) is 29.3 Å². The highest BCUT2D eigenvalue weighted by Gasteiger charge is 2.58. The van der Waals surface area contributed by atoms with E-state index < -0.39 is 34.5 Å². The molecular formula is C27H24N2O7S. The Morgan fingerprint density at radius 2 is 1.70 bits per heavy atom. The molecule has 2 heterocycles. The van der Waals surface area contributed by atoms with E-state index >= 15 is 0 Å². The largest absolute Gasteiger partial charge is 0.497 e. The molecule has 2 aromatic carbocycles. The van der Waals surface area contributed by atoms with Crippen molar-refractivity contribution in [2.24, 2.45) is 0 Å². The summed E-state index contributed by atoms with van der Waals surface area (Å²) in [5.74, 6) is -1.21. The number of hydrogen-bond acceptors (Lipinski definition) is 8. The number of hydrogen-bond donors (Lipinski definition) is 1. The number of fused-ring (bicyclic) bond motifs is 2. The lowest BCUT2D eigenvalue weighted by atomic mass is 9.87. The van der Waals surface area contributed by atoms with E-state index in [4.69, 9.17) is 14.2 Å². The summed E-state index contributed by atoms with van der Waals surface area (Å²) in [4.78, 5) is 52.5. The number of ether oxygens (including phenoxy) is 3. The van der Waals surface area contributed by atoms with Gasteiger partial charge < -0.3 is 19.5 Å². The van der Waals surface area contributed by atoms with Crippen molar-refractivity contribution >= 4 is 35.5 Å². The molecule has 0 saturated carbocycles. The Morgan fingerprint density at radius 3 is 2.38 bits per heavy atom. The van der Waals surface area contributed by atoms with Gasteiger partial charge in [-0.3, -0.25) is 14.5 Å². The molecule has 2 amide bonds. The van der Waals surface area contributed by atoms with E-state index in [9.17, 15) is 19.2 Å². The topological polar surface area (TPSA) is 111 Å². The lowest BCUT2D eigenvalue weighted by Gasteiger charge is -2.53. The summed E-state index contributed by atoms with van der Waals surface area (Å²) < 4.78 is 15.5. The Labute approximate surface area is 217 Å². The number of methoxy groups -OCH3 is 2. The second-order valence-corrected chi connectivity index (χ2v) is 9.87. The first kappa shape index (κ1) is 24.6. The number of carbonyl (C=O) groups excluding carboxylic acids is 4. The molecule has 5 rings (SSSR count). The van der Waals surface area contributed by atoms with E-state index in [-0.39, 0.29) is 24.6 Å². The van der Waals surface area contributed by atoms with Gasteiger partial charge in [0.15, 0.2) is 0 Å². The Bertz CT molecular complexity index is 1320. The highest BCUT2D eigenvalue weighted by Crippen LogP contribution is 2.51. The van der Waals surface area contributed by atoms with Gasteiger partial charge in [0, 0.05) is 5.57 Å². The molecule has 10 heteroatoms. The van der Waals surface area contributed by atoms with Gasteiger partial charge in [0.05, 0.1) is 31.5 Å². The molecule has 0 aromatic heterocycles. The van der Waals surface area contributed by atoms with E-state index in [0.29, 0.717) is 16.9 Å². The Hall–Kier alpha value is -4.05. The Kier molecular flexibility index (Phi) is 6.75. The van der Waals surface area contributed by atoms with Crippen LogP contribution < -0.4 is 10.1 Å². The van der Waals surface area contributed by atoms with Crippen LogP contribution in [0, 0.1) is 0 Å². The molecule has 3 atom stereocenters. The van der Waals surface area contributed by atoms with Crippen LogP contribution in [0.3, 0.4) is 0 Å². The number of nitrogens with one attached hydrogen (secondary N) is 1. The third-order valence-corrected chi connectivity index (χ3v) is 7.92. The van der Waals surface area contributed by atoms with Crippen molar-refractivity contribution < 1.29 is 33.4 Å². The van der Waals surface area contributed by atoms with E-state index in [1.54, 1.807) is 37.5 Å². The van der Waals surface area contributed by atoms with Crippen molar-refractivity contribution in [3.63, 3.8) is 0 Å². The normalized spacial score (nSPS) is 21.5. The fourth-order valence-electron chi connectivity index (χ4n) is 4.43. The highest BCUT2D eigenvalue weighted by atomic mass is 32.2. The van der Waals surface area contributed by atoms with Crippen molar-refractivity contribution in [3.8, 4) is 5.75 Å². The molecule has 1 fully saturated rings. The van der Waals surface area contributed by atoms with Crippen LogP contribution in [0.4, 0.5) is 0 Å². The molecule has 0 radical (unpaired) electrons. The first-order valence-corrected chi connectivity index (χ1v) is 12.5. The monoisotopic (exact) mass is 520 g/mol. The zero-order valence-electron chi connectivity index (χ0n) is 20.1. The van der Waals surface area contributed by atoms with Crippen molar-refractivity contribution in [2.75, 3.05) is 14.2 Å². The van der Waals surface area contributed by atoms with E-state index in [1.165, 1.54) is 23.8 Å². The molecule has 2 aromatic rings. The molecule has 9 nitrogen and oxygen atoms in total. The highest BCUT2D eigenvalue weighted by molar-refractivity contribution is 8.01. The van der Waals surface area contributed by atoms with Crippen molar-refractivity contribution in [2.45, 2.75) is 29.7 Å². The van der Waals surface area contributed by atoms with Crippen molar-refractivity contribution in [1.29, 1.82) is 0 Å². The average molecular weight is 521 g/mol. The number of benzene rings is 2. The molecule has 2 aliphatic heterocycles. The summed E-state index contributed by atoms with van der Waals surface area (Å²) in [6, 6.07) is 15.4. The maximum absolute atomic E-state index is 13.2. The third kappa shape index (κ3) is 4.60. The van der Waals surface area contributed by atoms with Crippen LogP contribution in [-0.4, -0.2) is 59.5 Å². The van der Waals surface area contributed by atoms with Gasteiger partial charge in [0.25, 0.3) is 5.91 Å². The number of esters is 2. The van der Waals surface area contributed by atoms with Gasteiger partial charge >= 0.3 is 11.9 Å². The standard InChI is InChI=1S/C27H24N2O7S/c1-34-17-10-8-16(9-11-17)14-36-27(33)22-18-13-19(26(32)35-2)23(18)37-25-21(24(31)29(22)25)28-20(30)12-15-6-4-3-5-7-15/h3-11,13,21,23,25H,12,14H2,1-2H3,(H,28,30)/t21-,23+,25-/m1/s1. The Morgan fingerprint density at radius 1 is 0.973 bits per heavy atom. The summed E-state index contributed by atoms with van der Waals surface area (Å²) in [6.45, 7) is -0.00503. The lowest BCUT2D eigenvalue weighted by Crippen LogP contribution is -2.71. The second kappa shape index (κ2) is 10.1. The molecule has 1 saturated heterocycles. The maximum atomic E-state index is 13.2. The summed E-state index contributed by atoms with van der Waals surface area (Å²) in [5.41, 5.74) is 2.59. The number of β-lactam (4-membered cyclic amide) rings is 1. The molecule has 0 spiro atoms. The number of thioether (sulfide) groups is 1. The molecule has 0 bridgehead atoms. The first-order chi connectivity index (χ1) is 17.9. The quantitative estimate of drug-likeness (QED) is 0.416. The Balaban J connectivity index is 1.33. The lowest BCUT2D eigenvalue weighted by molar-refractivity contribution is -0.153. The summed E-state index contributed by atoms with van der Waals surface area (Å²) in [5, 5.41) is 1.77. The van der Waals surface area contributed by atoms with Crippen LogP contribution in [0.15, 0.2) is 77.5 Å². The molecule has 37 heavy (non-hydrogen) atoms. The fourth-order valence-corrected chi connectivity index (χ4v) is 6.02. The SMILES string of the molecule is COC(=O)C1=CC2=C(C(=O)OCc3ccc(OC)cc3)N3C(=O)[C@@H](NC(=O)Cc4ccccc4)[C@H]3S[C@H]12. The second-order valence-electron chi connectivity index (χ2n) is 8.64. The van der Waals surface area contributed by atoms with Gasteiger partial charge in [-0.2, -0.15) is 0 Å². The smallest absolute Gasteiger partial charge is 0.355 e. The summed E-state index contributed by atoms with van der Waals surface area (Å²) in [6.07, 6.45) is 1.68. The number of rotatable bonds is 8. The van der Waals surface area contributed by atoms with Gasteiger partial charge in [-0.1, -0.05) is 42.5 Å². The molecule has 1 aliphatic carbocycles. The van der Waals surface area contributed by atoms with Crippen LogP contribution in [-0.2, 0) is 41.7 Å². The zero-order chi connectivity index (χ0) is 26.1. The van der Waals surface area contributed by atoms with Gasteiger partial charge in [0.1, 0.15) is 29.5 Å². The number of nitrogens with zero attached hydrogens (tertiary/aromatic N) is 1. The predicted octanol–water partition coefficient (Wildman–Crippen LogP) is 2.12. The van der Waals surface area contributed by atoms with Crippen molar-refractivity contribution in [1.82, 2.24) is 10.2 Å². The third-order valence-electron chi connectivity index (χ3n) is 6.38. The average Bonchev–Trinajstić information content (AvgIpc) is 2.91. The molecule has 0 unspecified atom stereocenters. The fraction of sp³-hybridized carbons (Fsp3) is 0.259. The van der Waals surface area contributed by atoms with E-state index in [2.05, 4.69) is 5.32 Å². The predicted molar refractivity (Wildman–Crippen MR) is 134 cm³/mol. The maximum Gasteiger partial charge on any atom is 0.355 e. The summed E-state index contributed by atoms with van der Waals surface area (Å²) in [7, 11) is 2.85. The molecule has 1 N–H and O–H groups in total. The van der Waals surface area contributed by atoms with Crippen LogP contribution in [0.25, 0.3) is 0 Å². The van der Waals surface area contributed by atoms with Crippen LogP contribution in [0.5, 0.6) is 5.75 Å². The number of amides is 2. The minimum absolute atomic E-state index is 0.00503. The van der Waals surface area contributed by atoms with Crippen LogP contribution in [0.1, 0.15) is 11.1 Å². The molecule has 3 aliphatic rings. The molecular weight excluding hydrogens is 496 g/mol. The molecule has 190 valence electrons. The zero-order valence-corrected chi connectivity index (χ0v) is 20.9. The number of carbonyl (C=O) groups is 4. The number of allylic oxidation sites excluding steroid dienone is 1. The van der Waals surface area contributed by atoms with Crippen LogP contribution in [0.2, 0.25) is 0 Å². The minimum atomic E-state index is -0.827. The van der Waals surface area contributed by atoms with Crippen molar-refractivity contribution in [3.05, 3.63) is 88.6 Å². The van der Waals surface area contributed by atoms with Crippen LogP contribution >= 0.6 is 11.8 Å². The first-order valence-electron chi connectivity index (χ1n) is 11.6. The summed E-state index contributed by atoms with van der Waals surface area (Å²) >= 11 is 1.32. The van der Waals surface area contributed by atoms with E-state index in [1.807, 2.05) is 30.3 Å². The van der Waals surface area contributed by atoms with Gasteiger partial charge in [-0.15, -0.1) is 11.8 Å². The van der Waals surface area contributed by atoms with Gasteiger partial charge in [-0.25, -0.2) is 9.59 Å². The van der Waals surface area contributed by atoms with Gasteiger partial charge in [0.2, 0.25) is 5.91 Å². The minimum Gasteiger partial charge on any atom is -0.497 e.